The molecule has 50 valence electrons. The molecule has 0 unspecified atom stereocenters. The van der Waals surface area contributed by atoms with E-state index in [0.717, 1.165) is 6.42 Å². The zero-order chi connectivity index (χ0) is 6.78. The lowest BCUT2D eigenvalue weighted by atomic mass is 9.87. The van der Waals surface area contributed by atoms with Gasteiger partial charge in [0, 0.05) is 5.54 Å². The predicted octanol–water partition coefficient (Wildman–Crippen LogP) is 1.77. The minimum absolute atomic E-state index is 0.0417. The molecule has 0 saturated heterocycles. The van der Waals surface area contributed by atoms with Crippen molar-refractivity contribution in [1.82, 2.24) is 0 Å². The van der Waals surface area contributed by atoms with E-state index in [4.69, 9.17) is 5.73 Å². The lowest BCUT2D eigenvalue weighted by Crippen LogP contribution is -2.40. The largest absolute Gasteiger partial charge is 0.325 e. The Hall–Kier alpha value is -0.0400. The summed E-state index contributed by atoms with van der Waals surface area (Å²) in [5.74, 6) is 0.590. The Morgan fingerprint density at radius 2 is 1.88 bits per heavy atom. The average molecular weight is 115 g/mol. The normalized spacial score (nSPS) is 18.8. The molecule has 0 spiro atoms. The molecule has 1 nitrogen and oxygen atoms in total. The van der Waals surface area contributed by atoms with Crippen LogP contribution < -0.4 is 5.73 Å². The summed E-state index contributed by atoms with van der Waals surface area (Å²) in [4.78, 5) is 0. The molecule has 0 aliphatic rings. The lowest BCUT2D eigenvalue weighted by Gasteiger charge is -2.27. The highest BCUT2D eigenvalue weighted by molar-refractivity contribution is 4.79. The maximum absolute atomic E-state index is 5.86. The van der Waals surface area contributed by atoms with Crippen molar-refractivity contribution in [3.05, 3.63) is 0 Å². The average Bonchev–Trinajstić information content (AvgIpc) is 1.67. The van der Waals surface area contributed by atoms with Crippen molar-refractivity contribution >= 4 is 0 Å². The SMILES string of the molecule is CC[C@](C)(N)C(C)C. The third-order valence-corrected chi connectivity index (χ3v) is 2.08. The summed E-state index contributed by atoms with van der Waals surface area (Å²) in [7, 11) is 0. The van der Waals surface area contributed by atoms with Gasteiger partial charge in [0.25, 0.3) is 0 Å². The minimum atomic E-state index is 0.0417. The number of hydrogen-bond donors (Lipinski definition) is 1. The van der Waals surface area contributed by atoms with E-state index in [1.165, 1.54) is 0 Å². The highest BCUT2D eigenvalue weighted by atomic mass is 14.7. The van der Waals surface area contributed by atoms with Gasteiger partial charge in [0.2, 0.25) is 0 Å². The van der Waals surface area contributed by atoms with Crippen LogP contribution in [0.25, 0.3) is 0 Å². The third-order valence-electron chi connectivity index (χ3n) is 2.08. The maximum atomic E-state index is 5.86. The van der Waals surface area contributed by atoms with Crippen LogP contribution in [0, 0.1) is 5.92 Å². The second kappa shape index (κ2) is 2.49. The molecule has 0 aliphatic carbocycles. The molecule has 0 fully saturated rings. The standard InChI is InChI=1S/C7H17N/c1-5-7(4,8)6(2)3/h6H,5,8H2,1-4H3/t7-/m0/s1. The summed E-state index contributed by atoms with van der Waals surface area (Å²) in [6, 6.07) is 0. The van der Waals surface area contributed by atoms with Gasteiger partial charge in [-0.05, 0) is 19.3 Å². The van der Waals surface area contributed by atoms with E-state index in [-0.39, 0.29) is 5.54 Å². The van der Waals surface area contributed by atoms with E-state index in [2.05, 4.69) is 27.7 Å². The van der Waals surface area contributed by atoms with Gasteiger partial charge in [0.05, 0.1) is 0 Å². The van der Waals surface area contributed by atoms with Crippen molar-refractivity contribution in [2.45, 2.75) is 39.7 Å². The van der Waals surface area contributed by atoms with Crippen LogP contribution in [0.1, 0.15) is 34.1 Å². The molecule has 0 saturated carbocycles. The summed E-state index contributed by atoms with van der Waals surface area (Å²) in [5.41, 5.74) is 5.90. The summed E-state index contributed by atoms with van der Waals surface area (Å²) < 4.78 is 0. The van der Waals surface area contributed by atoms with Gasteiger partial charge >= 0.3 is 0 Å². The molecule has 0 amide bonds. The molecule has 0 aromatic rings. The van der Waals surface area contributed by atoms with Gasteiger partial charge in [0.1, 0.15) is 0 Å². The molecular formula is C7H17N. The first-order chi connectivity index (χ1) is 3.50. The van der Waals surface area contributed by atoms with Gasteiger partial charge in [0.15, 0.2) is 0 Å². The van der Waals surface area contributed by atoms with E-state index >= 15 is 0 Å². The van der Waals surface area contributed by atoms with Gasteiger partial charge in [-0.3, -0.25) is 0 Å². The van der Waals surface area contributed by atoms with Gasteiger partial charge in [-0.15, -0.1) is 0 Å². The van der Waals surface area contributed by atoms with Crippen LogP contribution in [0.4, 0.5) is 0 Å². The number of nitrogens with two attached hydrogens (primary N) is 1. The highest BCUT2D eigenvalue weighted by Gasteiger charge is 2.19. The summed E-state index contributed by atoms with van der Waals surface area (Å²) in [5, 5.41) is 0. The van der Waals surface area contributed by atoms with E-state index in [0.29, 0.717) is 5.92 Å². The number of hydrogen-bond acceptors (Lipinski definition) is 1. The zero-order valence-electron chi connectivity index (χ0n) is 6.36. The molecule has 2 N–H and O–H groups in total. The number of rotatable bonds is 2. The van der Waals surface area contributed by atoms with E-state index in [1.54, 1.807) is 0 Å². The van der Waals surface area contributed by atoms with Crippen LogP contribution in [0.2, 0.25) is 0 Å². The Balaban J connectivity index is 3.71. The first-order valence-electron chi connectivity index (χ1n) is 3.29. The Bertz CT molecular complexity index is 64.8. The van der Waals surface area contributed by atoms with Crippen LogP contribution in [0.3, 0.4) is 0 Å². The Kier molecular flexibility index (Phi) is 2.48. The highest BCUT2D eigenvalue weighted by Crippen LogP contribution is 2.15. The molecule has 0 aromatic carbocycles. The van der Waals surface area contributed by atoms with Crippen molar-refractivity contribution in [3.8, 4) is 0 Å². The molecule has 1 heteroatoms. The van der Waals surface area contributed by atoms with E-state index in [9.17, 15) is 0 Å². The van der Waals surface area contributed by atoms with Gasteiger partial charge < -0.3 is 5.73 Å². The topological polar surface area (TPSA) is 26.0 Å². The first kappa shape index (κ1) is 7.96. The Morgan fingerprint density at radius 3 is 1.88 bits per heavy atom. The van der Waals surface area contributed by atoms with Gasteiger partial charge in [-0.1, -0.05) is 20.8 Å². The van der Waals surface area contributed by atoms with Crippen molar-refractivity contribution in [3.63, 3.8) is 0 Å². The van der Waals surface area contributed by atoms with Crippen LogP contribution in [0.15, 0.2) is 0 Å². The molecule has 0 radical (unpaired) electrons. The zero-order valence-corrected chi connectivity index (χ0v) is 6.36. The van der Waals surface area contributed by atoms with Crippen LogP contribution >= 0.6 is 0 Å². The second-order valence-corrected chi connectivity index (χ2v) is 3.01. The first-order valence-corrected chi connectivity index (χ1v) is 3.29. The maximum Gasteiger partial charge on any atom is 0.0146 e. The van der Waals surface area contributed by atoms with Crippen molar-refractivity contribution in [1.29, 1.82) is 0 Å². The quantitative estimate of drug-likeness (QED) is 0.583. The van der Waals surface area contributed by atoms with Gasteiger partial charge in [-0.25, -0.2) is 0 Å². The monoisotopic (exact) mass is 115 g/mol. The predicted molar refractivity (Wildman–Crippen MR) is 37.7 cm³/mol. The molecule has 0 bridgehead atoms. The smallest absolute Gasteiger partial charge is 0.0146 e. The fourth-order valence-corrected chi connectivity index (χ4v) is 0.408. The third kappa shape index (κ3) is 1.83. The molecular weight excluding hydrogens is 98.1 g/mol. The molecule has 8 heavy (non-hydrogen) atoms. The molecule has 0 rings (SSSR count). The lowest BCUT2D eigenvalue weighted by molar-refractivity contribution is 0.329. The van der Waals surface area contributed by atoms with E-state index in [1.807, 2.05) is 0 Å². The molecule has 1 atom stereocenters. The Morgan fingerprint density at radius 1 is 1.50 bits per heavy atom. The second-order valence-electron chi connectivity index (χ2n) is 3.01. The van der Waals surface area contributed by atoms with Crippen LogP contribution in [-0.2, 0) is 0 Å². The van der Waals surface area contributed by atoms with E-state index < -0.39 is 0 Å². The molecule has 0 heterocycles. The van der Waals surface area contributed by atoms with Crippen molar-refractivity contribution < 1.29 is 0 Å². The summed E-state index contributed by atoms with van der Waals surface area (Å²) in [6.07, 6.45) is 1.06. The fourth-order valence-electron chi connectivity index (χ4n) is 0.408. The van der Waals surface area contributed by atoms with Gasteiger partial charge in [-0.2, -0.15) is 0 Å². The summed E-state index contributed by atoms with van der Waals surface area (Å²) >= 11 is 0. The van der Waals surface area contributed by atoms with Crippen molar-refractivity contribution in [2.75, 3.05) is 0 Å². The minimum Gasteiger partial charge on any atom is -0.325 e. The summed E-state index contributed by atoms with van der Waals surface area (Å²) in [6.45, 7) is 8.53. The van der Waals surface area contributed by atoms with Crippen LogP contribution in [-0.4, -0.2) is 5.54 Å². The molecule has 0 aromatic heterocycles. The fraction of sp³-hybridized carbons (Fsp3) is 1.00. The van der Waals surface area contributed by atoms with Crippen molar-refractivity contribution in [2.24, 2.45) is 11.7 Å². The van der Waals surface area contributed by atoms with Crippen LogP contribution in [0.5, 0.6) is 0 Å². The Labute approximate surface area is 52.3 Å². The molecule has 0 aliphatic heterocycles.